The van der Waals surface area contributed by atoms with Gasteiger partial charge < -0.3 is 4.90 Å². The third-order valence-corrected chi connectivity index (χ3v) is 3.63. The van der Waals surface area contributed by atoms with Crippen LogP contribution in [0.2, 0.25) is 5.02 Å². The second-order valence-electron chi connectivity index (χ2n) is 5.43. The normalized spacial score (nSPS) is 12.2. The van der Waals surface area contributed by atoms with Crippen LogP contribution in [0.5, 0.6) is 0 Å². The van der Waals surface area contributed by atoms with Crippen molar-refractivity contribution in [2.24, 2.45) is 0 Å². The van der Waals surface area contributed by atoms with Crippen LogP contribution in [-0.4, -0.2) is 22.9 Å². The Morgan fingerprint density at radius 1 is 1.20 bits per heavy atom. The van der Waals surface area contributed by atoms with Gasteiger partial charge in [0, 0.05) is 27.2 Å². The molecule has 0 radical (unpaired) electrons. The van der Waals surface area contributed by atoms with E-state index in [1.165, 1.54) is 0 Å². The maximum atomic E-state index is 12.5. The van der Waals surface area contributed by atoms with Gasteiger partial charge in [0.25, 0.3) is 0 Å². The number of nitrogens with zero attached hydrogens (tertiary/aromatic N) is 1. The van der Waals surface area contributed by atoms with Gasteiger partial charge in [0.2, 0.25) is 5.91 Å². The minimum Gasteiger partial charge on any atom is -0.334 e. The van der Waals surface area contributed by atoms with Crippen molar-refractivity contribution in [1.82, 2.24) is 4.90 Å². The molecule has 0 unspecified atom stereocenters. The van der Waals surface area contributed by atoms with Gasteiger partial charge in [-0.1, -0.05) is 27.5 Å². The number of halogens is 2. The Kier molecular flexibility index (Phi) is 6.28. The van der Waals surface area contributed by atoms with Crippen LogP contribution in [0.4, 0.5) is 0 Å². The second-order valence-corrected chi connectivity index (χ2v) is 6.78. The number of hydrogen-bond donors (Lipinski definition) is 0. The first-order valence-corrected chi connectivity index (χ1v) is 7.86. The van der Waals surface area contributed by atoms with Crippen molar-refractivity contribution in [2.75, 3.05) is 0 Å². The van der Waals surface area contributed by atoms with Crippen LogP contribution in [0.15, 0.2) is 28.2 Å². The van der Waals surface area contributed by atoms with Crippen LogP contribution >= 0.6 is 27.5 Å². The zero-order valence-corrected chi connectivity index (χ0v) is 14.9. The zero-order chi connectivity index (χ0) is 15.4. The Hall–Kier alpha value is -0.800. The highest BCUT2D eigenvalue weighted by molar-refractivity contribution is 9.10. The first-order chi connectivity index (χ1) is 9.22. The Labute approximate surface area is 134 Å². The molecule has 20 heavy (non-hydrogen) atoms. The van der Waals surface area contributed by atoms with Crippen molar-refractivity contribution >= 4 is 39.5 Å². The summed E-state index contributed by atoms with van der Waals surface area (Å²) < 4.78 is 0.904. The summed E-state index contributed by atoms with van der Waals surface area (Å²) in [6.07, 6.45) is 1.87. The predicted octanol–water partition coefficient (Wildman–Crippen LogP) is 5.15. The molecule has 0 aliphatic carbocycles. The molecule has 0 aromatic heterocycles. The zero-order valence-electron chi connectivity index (χ0n) is 12.6. The number of hydrogen-bond acceptors (Lipinski definition) is 1. The summed E-state index contributed by atoms with van der Waals surface area (Å²) >= 11 is 9.43. The number of rotatable bonds is 4. The Balaban J connectivity index is 3.06. The average molecular weight is 359 g/mol. The smallest absolute Gasteiger partial charge is 0.249 e. The van der Waals surface area contributed by atoms with Gasteiger partial charge in [-0.2, -0.15) is 0 Å². The second kappa shape index (κ2) is 7.28. The minimum atomic E-state index is 0.0612. The molecular formula is C16H21BrClNO. The predicted molar refractivity (Wildman–Crippen MR) is 89.9 cm³/mol. The maximum absolute atomic E-state index is 12.5. The SMILES string of the molecule is C/C(=C/c1cc(Cl)cc(Br)c1)C(=O)N(C(C)C)C(C)C. The summed E-state index contributed by atoms with van der Waals surface area (Å²) in [6.45, 7) is 9.96. The topological polar surface area (TPSA) is 20.3 Å². The van der Waals surface area contributed by atoms with Crippen LogP contribution in [0.25, 0.3) is 6.08 Å². The molecule has 0 heterocycles. The molecule has 0 bridgehead atoms. The molecule has 0 aliphatic rings. The highest BCUT2D eigenvalue weighted by Crippen LogP contribution is 2.22. The molecule has 1 rings (SSSR count). The van der Waals surface area contributed by atoms with Crippen molar-refractivity contribution in [3.05, 3.63) is 38.8 Å². The van der Waals surface area contributed by atoms with E-state index in [-0.39, 0.29) is 18.0 Å². The van der Waals surface area contributed by atoms with E-state index in [4.69, 9.17) is 11.6 Å². The molecule has 4 heteroatoms. The summed E-state index contributed by atoms with van der Waals surface area (Å²) in [5.41, 5.74) is 1.63. The molecule has 1 aromatic carbocycles. The fourth-order valence-corrected chi connectivity index (χ4v) is 3.13. The van der Waals surface area contributed by atoms with Gasteiger partial charge in [-0.15, -0.1) is 0 Å². The molecule has 0 spiro atoms. The quantitative estimate of drug-likeness (QED) is 0.681. The van der Waals surface area contributed by atoms with E-state index in [2.05, 4.69) is 15.9 Å². The highest BCUT2D eigenvalue weighted by atomic mass is 79.9. The van der Waals surface area contributed by atoms with Gasteiger partial charge in [-0.3, -0.25) is 4.79 Å². The molecule has 1 aromatic rings. The lowest BCUT2D eigenvalue weighted by molar-refractivity contribution is -0.130. The number of carbonyl (C=O) groups is 1. The number of carbonyl (C=O) groups excluding carboxylic acids is 1. The lowest BCUT2D eigenvalue weighted by Crippen LogP contribution is -2.42. The molecule has 0 saturated carbocycles. The van der Waals surface area contributed by atoms with Gasteiger partial charge in [0.15, 0.2) is 0 Å². The molecule has 0 N–H and O–H groups in total. The molecular weight excluding hydrogens is 338 g/mol. The fourth-order valence-electron chi connectivity index (χ4n) is 2.24. The van der Waals surface area contributed by atoms with Crippen LogP contribution in [-0.2, 0) is 4.79 Å². The largest absolute Gasteiger partial charge is 0.334 e. The van der Waals surface area contributed by atoms with Gasteiger partial charge in [0.1, 0.15) is 0 Å². The first-order valence-electron chi connectivity index (χ1n) is 6.69. The van der Waals surface area contributed by atoms with Crippen LogP contribution in [0.1, 0.15) is 40.2 Å². The van der Waals surface area contributed by atoms with Crippen LogP contribution < -0.4 is 0 Å². The summed E-state index contributed by atoms with van der Waals surface area (Å²) in [5.74, 6) is 0.0612. The van der Waals surface area contributed by atoms with Gasteiger partial charge in [0.05, 0.1) is 0 Å². The number of amides is 1. The summed E-state index contributed by atoms with van der Waals surface area (Å²) in [7, 11) is 0. The standard InChI is InChI=1S/C16H21BrClNO/c1-10(2)19(11(3)4)16(20)12(5)6-13-7-14(17)9-15(18)8-13/h6-11H,1-5H3/b12-6-. The van der Waals surface area contributed by atoms with Crippen LogP contribution in [0, 0.1) is 0 Å². The average Bonchev–Trinajstić information content (AvgIpc) is 2.25. The lowest BCUT2D eigenvalue weighted by Gasteiger charge is -2.31. The van der Waals surface area contributed by atoms with Crippen molar-refractivity contribution < 1.29 is 4.79 Å². The number of benzene rings is 1. The molecule has 0 fully saturated rings. The summed E-state index contributed by atoms with van der Waals surface area (Å²) in [5, 5.41) is 0.649. The van der Waals surface area contributed by atoms with Gasteiger partial charge in [-0.25, -0.2) is 0 Å². The molecule has 0 aliphatic heterocycles. The maximum Gasteiger partial charge on any atom is 0.249 e. The third kappa shape index (κ3) is 4.64. The van der Waals surface area contributed by atoms with Crippen LogP contribution in [0.3, 0.4) is 0 Å². The van der Waals surface area contributed by atoms with E-state index >= 15 is 0 Å². The van der Waals surface area contributed by atoms with Crippen molar-refractivity contribution in [3.63, 3.8) is 0 Å². The monoisotopic (exact) mass is 357 g/mol. The third-order valence-electron chi connectivity index (χ3n) is 2.95. The molecule has 110 valence electrons. The van der Waals surface area contributed by atoms with E-state index in [1.54, 1.807) is 0 Å². The summed E-state index contributed by atoms with van der Waals surface area (Å²) in [6, 6.07) is 5.97. The van der Waals surface area contributed by atoms with E-state index in [0.717, 1.165) is 10.0 Å². The Morgan fingerprint density at radius 2 is 1.75 bits per heavy atom. The van der Waals surface area contributed by atoms with Gasteiger partial charge in [-0.05, 0) is 64.5 Å². The molecule has 1 amide bonds. The van der Waals surface area contributed by atoms with E-state index in [0.29, 0.717) is 10.6 Å². The minimum absolute atomic E-state index is 0.0612. The Bertz CT molecular complexity index is 495. The lowest BCUT2D eigenvalue weighted by atomic mass is 10.1. The Morgan fingerprint density at radius 3 is 2.20 bits per heavy atom. The van der Waals surface area contributed by atoms with E-state index in [9.17, 15) is 4.79 Å². The van der Waals surface area contributed by atoms with Gasteiger partial charge >= 0.3 is 0 Å². The van der Waals surface area contributed by atoms with Crippen molar-refractivity contribution in [3.8, 4) is 0 Å². The molecule has 2 nitrogen and oxygen atoms in total. The summed E-state index contributed by atoms with van der Waals surface area (Å²) in [4.78, 5) is 14.4. The van der Waals surface area contributed by atoms with E-state index in [1.807, 2.05) is 63.8 Å². The van der Waals surface area contributed by atoms with Crippen molar-refractivity contribution in [1.29, 1.82) is 0 Å². The molecule has 0 saturated heterocycles. The molecule has 0 atom stereocenters. The van der Waals surface area contributed by atoms with Crippen molar-refractivity contribution in [2.45, 2.75) is 46.7 Å². The first kappa shape index (κ1) is 17.3. The highest BCUT2D eigenvalue weighted by Gasteiger charge is 2.21. The van der Waals surface area contributed by atoms with E-state index < -0.39 is 0 Å². The fraction of sp³-hybridized carbons (Fsp3) is 0.438.